The zero-order valence-corrected chi connectivity index (χ0v) is 12.8. The highest BCUT2D eigenvalue weighted by atomic mass is 19.1. The maximum absolute atomic E-state index is 13.0. The van der Waals surface area contributed by atoms with Crippen molar-refractivity contribution in [1.29, 1.82) is 0 Å². The van der Waals surface area contributed by atoms with Crippen molar-refractivity contribution in [2.24, 2.45) is 0 Å². The van der Waals surface area contributed by atoms with Gasteiger partial charge in [-0.05, 0) is 35.9 Å². The molecule has 3 rings (SSSR count). The molecule has 0 bridgehead atoms. The molecule has 1 aliphatic rings. The zero-order chi connectivity index (χ0) is 16.2. The lowest BCUT2D eigenvalue weighted by Crippen LogP contribution is -3.13. The Labute approximate surface area is 134 Å². The Morgan fingerprint density at radius 3 is 2.48 bits per heavy atom. The van der Waals surface area contributed by atoms with Gasteiger partial charge in [0.2, 0.25) is 0 Å². The van der Waals surface area contributed by atoms with E-state index >= 15 is 0 Å². The van der Waals surface area contributed by atoms with Crippen LogP contribution in [-0.2, 0) is 6.54 Å². The number of hydrogen-bond donors (Lipinski definition) is 1. The Balaban J connectivity index is 1.58. The number of carboxylic acids is 1. The van der Waals surface area contributed by atoms with Gasteiger partial charge < -0.3 is 19.7 Å². The Morgan fingerprint density at radius 2 is 1.83 bits per heavy atom. The third kappa shape index (κ3) is 3.87. The number of carbonyl (C=O) groups is 1. The van der Waals surface area contributed by atoms with Gasteiger partial charge in [-0.15, -0.1) is 0 Å². The number of nitrogens with one attached hydrogen (secondary N) is 1. The number of carbonyl (C=O) groups excluding carboxylic acids is 1. The average Bonchev–Trinajstić information content (AvgIpc) is 2.57. The average molecular weight is 314 g/mol. The largest absolute Gasteiger partial charge is 0.545 e. The second-order valence-electron chi connectivity index (χ2n) is 5.88. The van der Waals surface area contributed by atoms with Crippen molar-refractivity contribution in [3.05, 3.63) is 65.5 Å². The molecule has 1 fully saturated rings. The van der Waals surface area contributed by atoms with Crippen molar-refractivity contribution in [3.63, 3.8) is 0 Å². The van der Waals surface area contributed by atoms with E-state index in [2.05, 4.69) is 4.90 Å². The molecule has 2 aromatic carbocycles. The van der Waals surface area contributed by atoms with Crippen LogP contribution in [0, 0.1) is 5.82 Å². The van der Waals surface area contributed by atoms with Gasteiger partial charge in [0.25, 0.3) is 0 Å². The number of anilines is 1. The molecule has 120 valence electrons. The van der Waals surface area contributed by atoms with E-state index in [9.17, 15) is 14.3 Å². The molecule has 0 aliphatic carbocycles. The molecule has 0 unspecified atom stereocenters. The van der Waals surface area contributed by atoms with E-state index in [1.54, 1.807) is 18.2 Å². The number of nitrogens with zero attached hydrogens (tertiary/aromatic N) is 1. The number of halogens is 1. The molecule has 0 aromatic heterocycles. The summed E-state index contributed by atoms with van der Waals surface area (Å²) >= 11 is 0. The van der Waals surface area contributed by atoms with Crippen molar-refractivity contribution in [3.8, 4) is 0 Å². The van der Waals surface area contributed by atoms with Gasteiger partial charge in [0.15, 0.2) is 0 Å². The quantitative estimate of drug-likeness (QED) is 0.870. The summed E-state index contributed by atoms with van der Waals surface area (Å²) in [6, 6.07) is 13.5. The van der Waals surface area contributed by atoms with Crippen LogP contribution in [0.5, 0.6) is 0 Å². The van der Waals surface area contributed by atoms with Crippen molar-refractivity contribution < 1.29 is 19.2 Å². The first kappa shape index (κ1) is 15.5. The molecule has 4 nitrogen and oxygen atoms in total. The molecule has 0 radical (unpaired) electrons. The summed E-state index contributed by atoms with van der Waals surface area (Å²) in [5.74, 6) is -1.35. The van der Waals surface area contributed by atoms with Crippen molar-refractivity contribution >= 4 is 11.7 Å². The number of piperazine rings is 1. The van der Waals surface area contributed by atoms with Crippen LogP contribution in [0.25, 0.3) is 0 Å². The van der Waals surface area contributed by atoms with Crippen molar-refractivity contribution in [1.82, 2.24) is 0 Å². The summed E-state index contributed by atoms with van der Waals surface area (Å²) < 4.78 is 13.0. The summed E-state index contributed by atoms with van der Waals surface area (Å²) in [7, 11) is 0. The Hall–Kier alpha value is -2.40. The highest BCUT2D eigenvalue weighted by Crippen LogP contribution is 2.14. The summed E-state index contributed by atoms with van der Waals surface area (Å²) in [4.78, 5) is 14.6. The minimum Gasteiger partial charge on any atom is -0.545 e. The fourth-order valence-electron chi connectivity index (χ4n) is 3.01. The minimum absolute atomic E-state index is 0.217. The van der Waals surface area contributed by atoms with E-state index in [1.165, 1.54) is 17.0 Å². The monoisotopic (exact) mass is 314 g/mol. The fraction of sp³-hybridized carbons (Fsp3) is 0.278. The van der Waals surface area contributed by atoms with Crippen LogP contribution in [-0.4, -0.2) is 32.1 Å². The highest BCUT2D eigenvalue weighted by Gasteiger charge is 2.20. The first-order valence-electron chi connectivity index (χ1n) is 7.76. The van der Waals surface area contributed by atoms with Gasteiger partial charge in [-0.3, -0.25) is 0 Å². The summed E-state index contributed by atoms with van der Waals surface area (Å²) in [5, 5.41) is 10.9. The number of benzene rings is 2. The molecule has 5 heteroatoms. The summed E-state index contributed by atoms with van der Waals surface area (Å²) in [5.41, 5.74) is 2.29. The van der Waals surface area contributed by atoms with Crippen molar-refractivity contribution in [2.45, 2.75) is 6.54 Å². The van der Waals surface area contributed by atoms with Gasteiger partial charge >= 0.3 is 0 Å². The van der Waals surface area contributed by atoms with E-state index < -0.39 is 5.97 Å². The molecule has 23 heavy (non-hydrogen) atoms. The lowest BCUT2D eigenvalue weighted by Gasteiger charge is -2.33. The lowest BCUT2D eigenvalue weighted by atomic mass is 10.1. The lowest BCUT2D eigenvalue weighted by molar-refractivity contribution is -0.914. The molecule has 0 spiro atoms. The van der Waals surface area contributed by atoms with E-state index in [0.717, 1.165) is 44.0 Å². The Morgan fingerprint density at radius 1 is 1.13 bits per heavy atom. The molecule has 0 saturated carbocycles. The SMILES string of the molecule is O=C([O-])c1cccc(C[NH+]2CCN(c3ccc(F)cc3)CC2)c1. The second-order valence-corrected chi connectivity index (χ2v) is 5.88. The normalized spacial score (nSPS) is 15.6. The van der Waals surface area contributed by atoms with E-state index in [4.69, 9.17) is 0 Å². The van der Waals surface area contributed by atoms with E-state index in [1.807, 2.05) is 18.2 Å². The topological polar surface area (TPSA) is 47.8 Å². The van der Waals surface area contributed by atoms with E-state index in [-0.39, 0.29) is 11.4 Å². The van der Waals surface area contributed by atoms with Gasteiger partial charge in [0.1, 0.15) is 12.4 Å². The molecule has 1 aliphatic heterocycles. The highest BCUT2D eigenvalue weighted by molar-refractivity contribution is 5.85. The molecule has 2 aromatic rings. The Kier molecular flexibility index (Phi) is 4.57. The molecule has 1 N–H and O–H groups in total. The molecule has 0 amide bonds. The summed E-state index contributed by atoms with van der Waals surface area (Å²) in [6.07, 6.45) is 0. The van der Waals surface area contributed by atoms with Gasteiger partial charge in [0.05, 0.1) is 32.1 Å². The van der Waals surface area contributed by atoms with Crippen LogP contribution in [0.1, 0.15) is 15.9 Å². The van der Waals surface area contributed by atoms with Gasteiger partial charge in [-0.25, -0.2) is 4.39 Å². The molecule has 1 saturated heterocycles. The molecule has 1 heterocycles. The number of carboxylic acid groups (broad SMARTS) is 1. The third-order valence-electron chi connectivity index (χ3n) is 4.28. The van der Waals surface area contributed by atoms with Crippen LogP contribution >= 0.6 is 0 Å². The number of aromatic carboxylic acids is 1. The van der Waals surface area contributed by atoms with Crippen LogP contribution in [0.15, 0.2) is 48.5 Å². The molecule has 0 atom stereocenters. The zero-order valence-electron chi connectivity index (χ0n) is 12.8. The second kappa shape index (κ2) is 6.79. The standard InChI is InChI=1S/C18H19FN2O2/c19-16-4-6-17(7-5-16)21-10-8-20(9-11-21)13-14-2-1-3-15(12-14)18(22)23/h1-7,12H,8-11,13H2,(H,22,23). The smallest absolute Gasteiger partial charge is 0.123 e. The number of rotatable bonds is 4. The summed E-state index contributed by atoms with van der Waals surface area (Å²) in [6.45, 7) is 4.54. The van der Waals surface area contributed by atoms with Gasteiger partial charge in [-0.2, -0.15) is 0 Å². The van der Waals surface area contributed by atoms with Crippen molar-refractivity contribution in [2.75, 3.05) is 31.1 Å². The maximum atomic E-state index is 13.0. The first-order valence-corrected chi connectivity index (χ1v) is 7.76. The first-order chi connectivity index (χ1) is 11.1. The van der Waals surface area contributed by atoms with Crippen LogP contribution in [0.2, 0.25) is 0 Å². The molecular weight excluding hydrogens is 295 g/mol. The van der Waals surface area contributed by atoms with E-state index in [0.29, 0.717) is 0 Å². The fourth-order valence-corrected chi connectivity index (χ4v) is 3.01. The van der Waals surface area contributed by atoms with Gasteiger partial charge in [-0.1, -0.05) is 18.2 Å². The number of quaternary nitrogens is 1. The predicted octanol–water partition coefficient (Wildman–Crippen LogP) is 0.0943. The van der Waals surface area contributed by atoms with Crippen LogP contribution in [0.4, 0.5) is 10.1 Å². The minimum atomic E-state index is -1.14. The number of hydrogen-bond acceptors (Lipinski definition) is 3. The predicted molar refractivity (Wildman–Crippen MR) is 83.8 cm³/mol. The molecular formula is C18H19FN2O2. The van der Waals surface area contributed by atoms with Crippen LogP contribution in [0.3, 0.4) is 0 Å². The maximum Gasteiger partial charge on any atom is 0.123 e. The third-order valence-corrected chi connectivity index (χ3v) is 4.28. The Bertz CT molecular complexity index is 680. The van der Waals surface area contributed by atoms with Crippen LogP contribution < -0.4 is 14.9 Å². The van der Waals surface area contributed by atoms with Gasteiger partial charge in [0, 0.05) is 11.3 Å².